The van der Waals surface area contributed by atoms with Gasteiger partial charge in [0, 0.05) is 5.69 Å². The van der Waals surface area contributed by atoms with Gasteiger partial charge in [-0.15, -0.1) is 0 Å². The summed E-state index contributed by atoms with van der Waals surface area (Å²) in [5, 5.41) is 9.08. The van der Waals surface area contributed by atoms with Crippen LogP contribution >= 0.6 is 0 Å². The molecule has 0 unspecified atom stereocenters. The number of carbonyl (C=O) groups excluding carboxylic acids is 1. The van der Waals surface area contributed by atoms with E-state index in [4.69, 9.17) is 9.84 Å². The van der Waals surface area contributed by atoms with Gasteiger partial charge in [-0.25, -0.2) is 13.2 Å². The third-order valence-corrected chi connectivity index (χ3v) is 4.43. The molecule has 2 rings (SSSR count). The van der Waals surface area contributed by atoms with E-state index in [1.165, 1.54) is 24.3 Å². The molecule has 6 nitrogen and oxygen atoms in total. The summed E-state index contributed by atoms with van der Waals surface area (Å²) in [4.78, 5) is 11.6. The number of rotatable bonds is 6. The molecule has 23 heavy (non-hydrogen) atoms. The molecule has 0 atom stereocenters. The average Bonchev–Trinajstić information content (AvgIpc) is 2.55. The molecule has 0 amide bonds. The molecule has 0 heterocycles. The number of sulfonamides is 1. The Morgan fingerprint density at radius 2 is 1.87 bits per heavy atom. The minimum Gasteiger partial charge on any atom is -0.462 e. The fraction of sp³-hybridized carbons (Fsp3) is 0.188. The molecule has 0 fully saturated rings. The number of anilines is 1. The molecular weight excluding hydrogens is 318 g/mol. The SMILES string of the molecule is CCOC(=O)c1ccc(S(=O)(=O)Nc2cccc(CO)c2)cc1. The smallest absolute Gasteiger partial charge is 0.338 e. The molecule has 2 aromatic rings. The number of hydrogen-bond donors (Lipinski definition) is 2. The maximum Gasteiger partial charge on any atom is 0.338 e. The molecule has 0 saturated heterocycles. The van der Waals surface area contributed by atoms with Crippen molar-refractivity contribution in [3.63, 3.8) is 0 Å². The van der Waals surface area contributed by atoms with Gasteiger partial charge in [0.25, 0.3) is 10.0 Å². The Hall–Kier alpha value is -2.38. The second kappa shape index (κ2) is 7.26. The second-order valence-electron chi connectivity index (χ2n) is 4.71. The second-order valence-corrected chi connectivity index (χ2v) is 6.39. The van der Waals surface area contributed by atoms with Crippen LogP contribution in [0.15, 0.2) is 53.4 Å². The summed E-state index contributed by atoms with van der Waals surface area (Å²) in [7, 11) is -3.78. The van der Waals surface area contributed by atoms with Gasteiger partial charge in [0.05, 0.1) is 23.7 Å². The minimum absolute atomic E-state index is 0.0277. The average molecular weight is 335 g/mol. The third-order valence-electron chi connectivity index (χ3n) is 3.04. The van der Waals surface area contributed by atoms with Crippen molar-refractivity contribution in [3.8, 4) is 0 Å². The first-order valence-electron chi connectivity index (χ1n) is 6.96. The Kier molecular flexibility index (Phi) is 5.36. The molecule has 0 aliphatic rings. The predicted octanol–water partition coefficient (Wildman–Crippen LogP) is 2.16. The summed E-state index contributed by atoms with van der Waals surface area (Å²) in [6.07, 6.45) is 0. The molecule has 0 aromatic heterocycles. The molecule has 2 aromatic carbocycles. The summed E-state index contributed by atoms with van der Waals surface area (Å²) >= 11 is 0. The molecule has 2 N–H and O–H groups in total. The van der Waals surface area contributed by atoms with Gasteiger partial charge in [0.1, 0.15) is 0 Å². The Morgan fingerprint density at radius 1 is 1.17 bits per heavy atom. The van der Waals surface area contributed by atoms with Crippen molar-refractivity contribution in [1.29, 1.82) is 0 Å². The Morgan fingerprint density at radius 3 is 2.48 bits per heavy atom. The fourth-order valence-corrected chi connectivity index (χ4v) is 2.98. The van der Waals surface area contributed by atoms with Gasteiger partial charge >= 0.3 is 5.97 Å². The molecule has 0 radical (unpaired) electrons. The van der Waals surface area contributed by atoms with E-state index in [-0.39, 0.29) is 23.7 Å². The molecular formula is C16H17NO5S. The van der Waals surface area contributed by atoms with Gasteiger partial charge in [0.2, 0.25) is 0 Å². The highest BCUT2D eigenvalue weighted by Crippen LogP contribution is 2.18. The zero-order chi connectivity index (χ0) is 16.9. The minimum atomic E-state index is -3.78. The number of carbonyl (C=O) groups is 1. The van der Waals surface area contributed by atoms with Gasteiger partial charge in [-0.05, 0) is 48.9 Å². The lowest BCUT2D eigenvalue weighted by atomic mass is 10.2. The molecule has 0 saturated carbocycles. The van der Waals surface area contributed by atoms with E-state index in [0.29, 0.717) is 11.3 Å². The Bertz CT molecular complexity index is 784. The molecule has 0 spiro atoms. The van der Waals surface area contributed by atoms with E-state index in [1.54, 1.807) is 31.2 Å². The van der Waals surface area contributed by atoms with Gasteiger partial charge < -0.3 is 9.84 Å². The number of aliphatic hydroxyl groups is 1. The first-order valence-corrected chi connectivity index (χ1v) is 8.44. The summed E-state index contributed by atoms with van der Waals surface area (Å²) in [6, 6.07) is 11.9. The Labute approximate surface area is 134 Å². The lowest BCUT2D eigenvalue weighted by Gasteiger charge is -2.09. The van der Waals surface area contributed by atoms with Crippen LogP contribution in [0.25, 0.3) is 0 Å². The first kappa shape index (κ1) is 17.0. The van der Waals surface area contributed by atoms with Crippen LogP contribution in [0.3, 0.4) is 0 Å². The van der Waals surface area contributed by atoms with E-state index >= 15 is 0 Å². The number of nitrogens with one attached hydrogen (secondary N) is 1. The van der Waals surface area contributed by atoms with Crippen LogP contribution in [-0.2, 0) is 21.4 Å². The van der Waals surface area contributed by atoms with E-state index in [9.17, 15) is 13.2 Å². The number of hydrogen-bond acceptors (Lipinski definition) is 5. The molecule has 0 bridgehead atoms. The summed E-state index contributed by atoms with van der Waals surface area (Å²) in [6.45, 7) is 1.77. The topological polar surface area (TPSA) is 92.7 Å². The van der Waals surface area contributed by atoms with Crippen molar-refractivity contribution >= 4 is 21.7 Å². The van der Waals surface area contributed by atoms with Crippen molar-refractivity contribution < 1.29 is 23.1 Å². The monoisotopic (exact) mass is 335 g/mol. The molecule has 0 aliphatic heterocycles. The van der Waals surface area contributed by atoms with Gasteiger partial charge in [0.15, 0.2) is 0 Å². The van der Waals surface area contributed by atoms with Crippen LogP contribution in [0.5, 0.6) is 0 Å². The molecule has 7 heteroatoms. The van der Waals surface area contributed by atoms with E-state index < -0.39 is 16.0 Å². The quantitative estimate of drug-likeness (QED) is 0.789. The Balaban J connectivity index is 2.20. The summed E-state index contributed by atoms with van der Waals surface area (Å²) in [5.74, 6) is -0.500. The van der Waals surface area contributed by atoms with Gasteiger partial charge in [-0.2, -0.15) is 0 Å². The van der Waals surface area contributed by atoms with E-state index in [0.717, 1.165) is 0 Å². The normalized spacial score (nSPS) is 11.0. The van der Waals surface area contributed by atoms with E-state index in [1.807, 2.05) is 0 Å². The fourth-order valence-electron chi connectivity index (χ4n) is 1.93. The summed E-state index contributed by atoms with van der Waals surface area (Å²) in [5.41, 5.74) is 1.24. The van der Waals surface area contributed by atoms with Crippen LogP contribution < -0.4 is 4.72 Å². The van der Waals surface area contributed by atoms with Crippen molar-refractivity contribution in [1.82, 2.24) is 0 Å². The number of esters is 1. The van der Waals surface area contributed by atoms with Crippen LogP contribution in [0.2, 0.25) is 0 Å². The third kappa shape index (κ3) is 4.30. The lowest BCUT2D eigenvalue weighted by Crippen LogP contribution is -2.13. The highest BCUT2D eigenvalue weighted by molar-refractivity contribution is 7.92. The zero-order valence-corrected chi connectivity index (χ0v) is 13.3. The summed E-state index contributed by atoms with van der Waals surface area (Å²) < 4.78 is 31.9. The number of benzene rings is 2. The maximum absolute atomic E-state index is 12.3. The van der Waals surface area contributed by atoms with E-state index in [2.05, 4.69) is 4.72 Å². The van der Waals surface area contributed by atoms with Crippen LogP contribution in [0.4, 0.5) is 5.69 Å². The standard InChI is InChI=1S/C16H17NO5S/c1-2-22-16(19)13-6-8-15(9-7-13)23(20,21)17-14-5-3-4-12(10-14)11-18/h3-10,17-18H,2,11H2,1H3. The largest absolute Gasteiger partial charge is 0.462 e. The number of ether oxygens (including phenoxy) is 1. The van der Waals surface area contributed by atoms with Crippen molar-refractivity contribution in [2.45, 2.75) is 18.4 Å². The first-order chi connectivity index (χ1) is 11.0. The molecule has 122 valence electrons. The predicted molar refractivity (Wildman–Crippen MR) is 85.6 cm³/mol. The van der Waals surface area contributed by atoms with Gasteiger partial charge in [-0.3, -0.25) is 4.72 Å². The highest BCUT2D eigenvalue weighted by atomic mass is 32.2. The van der Waals surface area contributed by atoms with Crippen molar-refractivity contribution in [2.75, 3.05) is 11.3 Å². The zero-order valence-electron chi connectivity index (χ0n) is 12.5. The van der Waals surface area contributed by atoms with Gasteiger partial charge in [-0.1, -0.05) is 12.1 Å². The number of aliphatic hydroxyl groups excluding tert-OH is 1. The molecule has 0 aliphatic carbocycles. The van der Waals surface area contributed by atoms with Crippen molar-refractivity contribution in [2.24, 2.45) is 0 Å². The highest BCUT2D eigenvalue weighted by Gasteiger charge is 2.15. The van der Waals surface area contributed by atoms with Crippen molar-refractivity contribution in [3.05, 3.63) is 59.7 Å². The van der Waals surface area contributed by atoms with Crippen LogP contribution in [0, 0.1) is 0 Å². The lowest BCUT2D eigenvalue weighted by molar-refractivity contribution is 0.0526. The van der Waals surface area contributed by atoms with Crippen LogP contribution in [0.1, 0.15) is 22.8 Å². The maximum atomic E-state index is 12.3. The van der Waals surface area contributed by atoms with Crippen LogP contribution in [-0.4, -0.2) is 26.1 Å².